The largest absolute Gasteiger partial charge is 0.197 e. The molecule has 0 bridgehead atoms. The van der Waals surface area contributed by atoms with Gasteiger partial charge in [-0.3, -0.25) is 0 Å². The fourth-order valence-corrected chi connectivity index (χ4v) is 1.50. The van der Waals surface area contributed by atoms with E-state index in [1.807, 2.05) is 30.3 Å². The molecule has 2 aromatic carbocycles. The van der Waals surface area contributed by atoms with Crippen LogP contribution < -0.4 is 0 Å². The normalized spacial score (nSPS) is 9.71. The predicted octanol–water partition coefficient (Wildman–Crippen LogP) is 3.21. The van der Waals surface area contributed by atoms with Gasteiger partial charge in [0.15, 0.2) is 0 Å². The van der Waals surface area contributed by atoms with Gasteiger partial charge in [0, 0.05) is 0 Å². The number of nitrogens with one attached hydrogen (secondary N) is 1. The van der Waals surface area contributed by atoms with E-state index in [2.05, 4.69) is 46.6 Å². The number of hydrogen-bond donors (Lipinski definition) is 1. The molecule has 0 unspecified atom stereocenters. The Kier molecular flexibility index (Phi) is 3.86. The fraction of sp³-hybridized carbons (Fsp3) is 0.143. The molecule has 0 saturated carbocycles. The quantitative estimate of drug-likeness (QED) is 0.691. The van der Waals surface area contributed by atoms with Gasteiger partial charge in [0.1, 0.15) is 11.0 Å². The minimum Gasteiger partial charge on any atom is -0.197 e. The van der Waals surface area contributed by atoms with Crippen LogP contribution in [0.25, 0.3) is 11.0 Å². The van der Waals surface area contributed by atoms with E-state index < -0.39 is 0 Å². The zero-order valence-corrected chi connectivity index (χ0v) is 9.80. The van der Waals surface area contributed by atoms with Crippen molar-refractivity contribution in [3.05, 3.63) is 60.2 Å². The van der Waals surface area contributed by atoms with Crippen LogP contribution in [-0.2, 0) is 6.42 Å². The Bertz CT molecular complexity index is 527. The number of nitrogens with zero attached hydrogens (tertiary/aromatic N) is 2. The van der Waals surface area contributed by atoms with Gasteiger partial charge >= 0.3 is 0 Å². The number of hydrogen-bond acceptors (Lipinski definition) is 2. The smallest absolute Gasteiger partial charge is 0.112 e. The van der Waals surface area contributed by atoms with Gasteiger partial charge < -0.3 is 0 Å². The Balaban J connectivity index is 0.000000128. The molecular weight excluding hydrogens is 210 g/mol. The molecule has 1 aromatic heterocycles. The summed E-state index contributed by atoms with van der Waals surface area (Å²) in [5.41, 5.74) is 3.24. The lowest BCUT2D eigenvalue weighted by atomic mass is 10.2. The summed E-state index contributed by atoms with van der Waals surface area (Å²) in [6.45, 7) is 2.16. The van der Waals surface area contributed by atoms with Crippen molar-refractivity contribution in [3.8, 4) is 0 Å². The number of aryl methyl sites for hydroxylation is 1. The zero-order chi connectivity index (χ0) is 11.9. The minimum atomic E-state index is 0.914. The number of rotatable bonds is 1. The number of benzene rings is 2. The summed E-state index contributed by atoms with van der Waals surface area (Å²) >= 11 is 0. The standard InChI is InChI=1S/C8H10.C6H5N3/c1-2-8-6-4-3-5-7-8;1-2-4-6-5(3-1)7-9-8-6/h3-7H,2H2,1H3;1-4H,(H,7,8,9). The minimum absolute atomic E-state index is 0.914. The van der Waals surface area contributed by atoms with E-state index >= 15 is 0 Å². The highest BCUT2D eigenvalue weighted by Crippen LogP contribution is 2.03. The molecule has 3 heteroatoms. The maximum absolute atomic E-state index is 3.88. The highest BCUT2D eigenvalue weighted by atomic mass is 15.3. The first-order chi connectivity index (χ1) is 8.40. The molecule has 0 aliphatic heterocycles. The molecule has 0 atom stereocenters. The molecule has 3 rings (SSSR count). The van der Waals surface area contributed by atoms with E-state index in [1.165, 1.54) is 5.56 Å². The second-order valence-corrected chi connectivity index (χ2v) is 3.65. The first-order valence-corrected chi connectivity index (χ1v) is 5.69. The molecule has 0 fully saturated rings. The van der Waals surface area contributed by atoms with Crippen molar-refractivity contribution in [2.45, 2.75) is 13.3 Å². The third kappa shape index (κ3) is 3.14. The molecule has 0 radical (unpaired) electrons. The monoisotopic (exact) mass is 225 g/mol. The summed E-state index contributed by atoms with van der Waals surface area (Å²) in [4.78, 5) is 0. The van der Waals surface area contributed by atoms with Gasteiger partial charge in [0.05, 0.1) is 0 Å². The Hall–Kier alpha value is -2.16. The van der Waals surface area contributed by atoms with Crippen molar-refractivity contribution in [1.82, 2.24) is 15.4 Å². The molecule has 1 heterocycles. The lowest BCUT2D eigenvalue weighted by molar-refractivity contribution is 0.959. The third-order valence-electron chi connectivity index (χ3n) is 2.47. The number of H-pyrrole nitrogens is 1. The first-order valence-electron chi connectivity index (χ1n) is 5.69. The molecule has 1 N–H and O–H groups in total. The molecule has 0 spiro atoms. The SMILES string of the molecule is CCc1ccccc1.c1ccc2n[nH]nc2c1. The van der Waals surface area contributed by atoms with Crippen molar-refractivity contribution in [1.29, 1.82) is 0 Å². The molecule has 3 aromatic rings. The molecular formula is C14H15N3. The molecule has 0 amide bonds. The van der Waals surface area contributed by atoms with Crippen LogP contribution in [0.1, 0.15) is 12.5 Å². The second-order valence-electron chi connectivity index (χ2n) is 3.65. The Labute approximate surface area is 100 Å². The maximum atomic E-state index is 3.88. The lowest BCUT2D eigenvalue weighted by Crippen LogP contribution is -1.73. The molecule has 86 valence electrons. The van der Waals surface area contributed by atoms with E-state index in [-0.39, 0.29) is 0 Å². The zero-order valence-electron chi connectivity index (χ0n) is 9.80. The van der Waals surface area contributed by atoms with Gasteiger partial charge in [-0.2, -0.15) is 15.4 Å². The average Bonchev–Trinajstić information content (AvgIpc) is 2.89. The van der Waals surface area contributed by atoms with Crippen LogP contribution in [0.3, 0.4) is 0 Å². The number of aromatic nitrogens is 3. The van der Waals surface area contributed by atoms with Gasteiger partial charge in [-0.05, 0) is 24.1 Å². The van der Waals surface area contributed by atoms with Crippen molar-refractivity contribution >= 4 is 11.0 Å². The molecule has 0 saturated heterocycles. The predicted molar refractivity (Wildman–Crippen MR) is 69.7 cm³/mol. The number of para-hydroxylation sites is 2. The van der Waals surface area contributed by atoms with Crippen LogP contribution in [0.4, 0.5) is 0 Å². The lowest BCUT2D eigenvalue weighted by Gasteiger charge is -1.89. The summed E-state index contributed by atoms with van der Waals surface area (Å²) in [5.74, 6) is 0. The topological polar surface area (TPSA) is 41.6 Å². The van der Waals surface area contributed by atoms with Crippen LogP contribution in [0, 0.1) is 0 Å². The van der Waals surface area contributed by atoms with E-state index in [4.69, 9.17) is 0 Å². The van der Waals surface area contributed by atoms with Crippen molar-refractivity contribution in [2.24, 2.45) is 0 Å². The van der Waals surface area contributed by atoms with E-state index in [0.717, 1.165) is 17.5 Å². The molecule has 17 heavy (non-hydrogen) atoms. The summed E-state index contributed by atoms with van der Waals surface area (Å²) in [6, 6.07) is 18.2. The first kappa shape index (κ1) is 11.3. The number of fused-ring (bicyclic) bond motifs is 1. The van der Waals surface area contributed by atoms with Crippen molar-refractivity contribution in [2.75, 3.05) is 0 Å². The van der Waals surface area contributed by atoms with Gasteiger partial charge in [-0.1, -0.05) is 49.4 Å². The molecule has 0 aliphatic carbocycles. The van der Waals surface area contributed by atoms with Crippen LogP contribution in [-0.4, -0.2) is 15.4 Å². The van der Waals surface area contributed by atoms with E-state index in [9.17, 15) is 0 Å². The van der Waals surface area contributed by atoms with Gasteiger partial charge in [0.2, 0.25) is 0 Å². The maximum Gasteiger partial charge on any atom is 0.112 e. The van der Waals surface area contributed by atoms with Crippen LogP contribution >= 0.6 is 0 Å². The summed E-state index contributed by atoms with van der Waals surface area (Å²) < 4.78 is 0. The van der Waals surface area contributed by atoms with Gasteiger partial charge in [-0.15, -0.1) is 0 Å². The fourth-order valence-electron chi connectivity index (χ4n) is 1.50. The van der Waals surface area contributed by atoms with Crippen LogP contribution in [0.15, 0.2) is 54.6 Å². The van der Waals surface area contributed by atoms with Crippen molar-refractivity contribution in [3.63, 3.8) is 0 Å². The molecule has 3 nitrogen and oxygen atoms in total. The summed E-state index contributed by atoms with van der Waals surface area (Å²) in [7, 11) is 0. The van der Waals surface area contributed by atoms with Gasteiger partial charge in [-0.25, -0.2) is 0 Å². The highest BCUT2D eigenvalue weighted by molar-refractivity contribution is 5.72. The van der Waals surface area contributed by atoms with Crippen LogP contribution in [0.2, 0.25) is 0 Å². The Morgan fingerprint density at radius 3 is 1.82 bits per heavy atom. The second kappa shape index (κ2) is 5.80. The van der Waals surface area contributed by atoms with Gasteiger partial charge in [0.25, 0.3) is 0 Å². The Morgan fingerprint density at radius 2 is 1.35 bits per heavy atom. The summed E-state index contributed by atoms with van der Waals surface area (Å²) in [5, 5.41) is 10.3. The third-order valence-corrected chi connectivity index (χ3v) is 2.47. The average molecular weight is 225 g/mol. The van der Waals surface area contributed by atoms with Crippen LogP contribution in [0.5, 0.6) is 0 Å². The van der Waals surface area contributed by atoms with E-state index in [1.54, 1.807) is 0 Å². The number of aromatic amines is 1. The highest BCUT2D eigenvalue weighted by Gasteiger charge is 1.90. The summed E-state index contributed by atoms with van der Waals surface area (Å²) in [6.07, 6.45) is 1.14. The van der Waals surface area contributed by atoms with E-state index in [0.29, 0.717) is 0 Å². The molecule has 0 aliphatic rings. The Morgan fingerprint density at radius 1 is 0.824 bits per heavy atom. The van der Waals surface area contributed by atoms with Crippen molar-refractivity contribution < 1.29 is 0 Å².